The molecule has 0 aromatic carbocycles. The van der Waals surface area contributed by atoms with E-state index in [2.05, 4.69) is 0 Å². The molecule has 1 aromatic heterocycles. The summed E-state index contributed by atoms with van der Waals surface area (Å²) in [5, 5.41) is 0. The van der Waals surface area contributed by atoms with Gasteiger partial charge in [0.1, 0.15) is 12.6 Å². The van der Waals surface area contributed by atoms with Crippen LogP contribution in [0.3, 0.4) is 0 Å². The Hall–Kier alpha value is -1.06. The third-order valence-corrected chi connectivity index (χ3v) is 2.23. The van der Waals surface area contributed by atoms with Crippen LogP contribution in [0, 0.1) is 0 Å². The average molecular weight is 218 g/mol. The van der Waals surface area contributed by atoms with Crippen LogP contribution < -0.4 is 4.57 Å². The molecule has 15 heavy (non-hydrogen) atoms. The molecule has 0 aliphatic rings. The minimum Gasteiger partial charge on any atom is -0.204 e. The zero-order valence-corrected chi connectivity index (χ0v) is 9.31. The Morgan fingerprint density at radius 2 is 1.60 bits per heavy atom. The number of alkyl halides is 3. The molecule has 0 radical (unpaired) electrons. The molecule has 0 atom stereocenters. The summed E-state index contributed by atoms with van der Waals surface area (Å²) in [6.45, 7) is 5.90. The van der Waals surface area contributed by atoms with Gasteiger partial charge in [0.2, 0.25) is 0 Å². The van der Waals surface area contributed by atoms with E-state index in [9.17, 15) is 13.2 Å². The van der Waals surface area contributed by atoms with E-state index in [1.165, 1.54) is 10.6 Å². The fourth-order valence-electron chi connectivity index (χ4n) is 1.55. The Labute approximate surface area is 87.5 Å². The lowest BCUT2D eigenvalue weighted by Gasteiger charge is -2.16. The van der Waals surface area contributed by atoms with Crippen molar-refractivity contribution in [2.45, 2.75) is 32.4 Å². The maximum Gasteiger partial charge on any atom is 0.422 e. The van der Waals surface area contributed by atoms with E-state index in [1.807, 2.05) is 20.8 Å². The molecular formula is C11H15F3N+. The van der Waals surface area contributed by atoms with Gasteiger partial charge in [-0.05, 0) is 6.07 Å². The fraction of sp³-hybridized carbons (Fsp3) is 0.545. The second-order valence-corrected chi connectivity index (χ2v) is 4.66. The highest BCUT2D eigenvalue weighted by Gasteiger charge is 2.34. The number of pyridine rings is 1. The Kier molecular flexibility index (Phi) is 2.81. The molecule has 4 heteroatoms. The highest BCUT2D eigenvalue weighted by atomic mass is 19.4. The molecule has 1 nitrogen and oxygen atoms in total. The van der Waals surface area contributed by atoms with Gasteiger partial charge in [-0.15, -0.1) is 0 Å². The summed E-state index contributed by atoms with van der Waals surface area (Å²) in [6, 6.07) is 2.66. The molecule has 0 unspecified atom stereocenters. The quantitative estimate of drug-likeness (QED) is 0.589. The zero-order chi connectivity index (χ0) is 11.9. The van der Waals surface area contributed by atoms with Crippen LogP contribution in [0.1, 0.15) is 32.0 Å². The second-order valence-electron chi connectivity index (χ2n) is 4.66. The van der Waals surface area contributed by atoms with Crippen LogP contribution in [0.2, 0.25) is 0 Å². The molecule has 0 aliphatic heterocycles. The monoisotopic (exact) mass is 218 g/mol. The maximum absolute atomic E-state index is 12.4. The number of hydrogen-bond acceptors (Lipinski definition) is 0. The number of nitrogens with zero attached hydrogens (tertiary/aromatic N) is 1. The van der Waals surface area contributed by atoms with Gasteiger partial charge in [0, 0.05) is 11.5 Å². The molecule has 0 amide bonds. The first kappa shape index (κ1) is 12.0. The van der Waals surface area contributed by atoms with Crippen LogP contribution in [0.15, 0.2) is 18.3 Å². The number of halogens is 3. The first-order valence-corrected chi connectivity index (χ1v) is 4.70. The summed E-state index contributed by atoms with van der Waals surface area (Å²) in [4.78, 5) is 0. The summed E-state index contributed by atoms with van der Waals surface area (Å²) in [6.07, 6.45) is -3.14. The van der Waals surface area contributed by atoms with Crippen molar-refractivity contribution < 1.29 is 17.7 Å². The maximum atomic E-state index is 12.4. The van der Waals surface area contributed by atoms with Gasteiger partial charge in [0.15, 0.2) is 11.9 Å². The van der Waals surface area contributed by atoms with E-state index in [4.69, 9.17) is 0 Å². The van der Waals surface area contributed by atoms with E-state index in [1.54, 1.807) is 7.05 Å². The van der Waals surface area contributed by atoms with E-state index >= 15 is 0 Å². The molecule has 0 fully saturated rings. The largest absolute Gasteiger partial charge is 0.422 e. The number of rotatable bonds is 0. The Morgan fingerprint density at radius 1 is 1.07 bits per heavy atom. The molecule has 84 valence electrons. The number of aryl methyl sites for hydroxylation is 1. The standard InChI is InChI=1S/C11H15F3N/c1-10(2,3)9-6-5-8(7-15(9)4)11(12,13)14/h5-7H,1-4H3/q+1. The van der Waals surface area contributed by atoms with E-state index in [0.717, 1.165) is 18.0 Å². The normalized spacial score (nSPS) is 13.0. The number of hydrogen-bond donors (Lipinski definition) is 0. The van der Waals surface area contributed by atoms with E-state index < -0.39 is 11.7 Å². The predicted molar refractivity (Wildman–Crippen MR) is 51.3 cm³/mol. The van der Waals surface area contributed by atoms with Crippen LogP contribution in [-0.2, 0) is 18.6 Å². The molecule has 0 N–H and O–H groups in total. The first-order valence-electron chi connectivity index (χ1n) is 4.70. The Morgan fingerprint density at radius 3 is 1.93 bits per heavy atom. The highest BCUT2D eigenvalue weighted by molar-refractivity contribution is 5.16. The lowest BCUT2D eigenvalue weighted by Crippen LogP contribution is -2.40. The van der Waals surface area contributed by atoms with Gasteiger partial charge in [-0.2, -0.15) is 13.2 Å². The van der Waals surface area contributed by atoms with E-state index in [0.29, 0.717) is 0 Å². The molecule has 1 heterocycles. The summed E-state index contributed by atoms with van der Waals surface area (Å²) < 4.78 is 38.7. The lowest BCUT2D eigenvalue weighted by molar-refractivity contribution is -0.683. The third kappa shape index (κ3) is 2.70. The van der Waals surface area contributed by atoms with Crippen molar-refractivity contribution in [1.29, 1.82) is 0 Å². The van der Waals surface area contributed by atoms with Gasteiger partial charge in [-0.3, -0.25) is 0 Å². The van der Waals surface area contributed by atoms with Crippen molar-refractivity contribution in [2.24, 2.45) is 7.05 Å². The molecule has 0 saturated heterocycles. The summed E-state index contributed by atoms with van der Waals surface area (Å²) >= 11 is 0. The SMILES string of the molecule is C[n+]1cc(C(F)(F)F)ccc1C(C)(C)C. The van der Waals surface area contributed by atoms with Gasteiger partial charge >= 0.3 is 6.18 Å². The minimum atomic E-state index is -4.27. The average Bonchev–Trinajstić information content (AvgIpc) is 1.99. The highest BCUT2D eigenvalue weighted by Crippen LogP contribution is 2.29. The molecule has 1 rings (SSSR count). The molecule has 0 saturated carbocycles. The minimum absolute atomic E-state index is 0.154. The Bertz CT molecular complexity index is 361. The van der Waals surface area contributed by atoms with Gasteiger partial charge in [-0.25, -0.2) is 4.57 Å². The molecule has 1 aromatic rings. The van der Waals surface area contributed by atoms with Crippen LogP contribution in [-0.4, -0.2) is 0 Å². The summed E-state index contributed by atoms with van der Waals surface area (Å²) in [5.74, 6) is 0. The summed E-state index contributed by atoms with van der Waals surface area (Å²) in [5.41, 5.74) is 0.104. The third-order valence-electron chi connectivity index (χ3n) is 2.23. The predicted octanol–water partition coefficient (Wildman–Crippen LogP) is 2.83. The van der Waals surface area contributed by atoms with Crippen molar-refractivity contribution in [2.75, 3.05) is 0 Å². The van der Waals surface area contributed by atoms with Crippen molar-refractivity contribution in [3.63, 3.8) is 0 Å². The van der Waals surface area contributed by atoms with Crippen LogP contribution >= 0.6 is 0 Å². The van der Waals surface area contributed by atoms with Crippen molar-refractivity contribution in [3.05, 3.63) is 29.6 Å². The first-order chi connectivity index (χ1) is 6.62. The van der Waals surface area contributed by atoms with Crippen molar-refractivity contribution >= 4 is 0 Å². The molecular weight excluding hydrogens is 203 g/mol. The van der Waals surface area contributed by atoms with Gasteiger partial charge in [0.05, 0.1) is 0 Å². The van der Waals surface area contributed by atoms with Crippen LogP contribution in [0.5, 0.6) is 0 Å². The molecule has 0 bridgehead atoms. The van der Waals surface area contributed by atoms with Gasteiger partial charge in [0.25, 0.3) is 0 Å². The zero-order valence-electron chi connectivity index (χ0n) is 9.31. The smallest absolute Gasteiger partial charge is 0.204 e. The van der Waals surface area contributed by atoms with Gasteiger partial charge in [-0.1, -0.05) is 20.8 Å². The van der Waals surface area contributed by atoms with Gasteiger partial charge < -0.3 is 0 Å². The van der Waals surface area contributed by atoms with Crippen LogP contribution in [0.25, 0.3) is 0 Å². The number of aromatic nitrogens is 1. The fourth-order valence-corrected chi connectivity index (χ4v) is 1.55. The summed E-state index contributed by atoms with van der Waals surface area (Å²) in [7, 11) is 1.63. The second kappa shape index (κ2) is 3.51. The molecule has 0 aliphatic carbocycles. The van der Waals surface area contributed by atoms with Crippen molar-refractivity contribution in [3.8, 4) is 0 Å². The Balaban J connectivity index is 3.21. The van der Waals surface area contributed by atoms with Crippen molar-refractivity contribution in [1.82, 2.24) is 0 Å². The topological polar surface area (TPSA) is 3.88 Å². The molecule has 0 spiro atoms. The lowest BCUT2D eigenvalue weighted by atomic mass is 9.91. The van der Waals surface area contributed by atoms with E-state index in [-0.39, 0.29) is 5.41 Å². The van der Waals surface area contributed by atoms with Crippen LogP contribution in [0.4, 0.5) is 13.2 Å².